The summed E-state index contributed by atoms with van der Waals surface area (Å²) >= 11 is 0. The van der Waals surface area contributed by atoms with E-state index in [2.05, 4.69) is 29.5 Å². The summed E-state index contributed by atoms with van der Waals surface area (Å²) in [5, 5.41) is 6.07. The first kappa shape index (κ1) is 15.5. The minimum absolute atomic E-state index is 0.00606. The van der Waals surface area contributed by atoms with Gasteiger partial charge in [-0.15, -0.1) is 0 Å². The summed E-state index contributed by atoms with van der Waals surface area (Å²) < 4.78 is 0. The standard InChI is InChI=1S/C15H25N3O/c1-4-6-8-13(7-5-2)18-15(19)12-9-10-17-14(11-12)16-3/h9-11,13H,4-8H2,1-3H3,(H,16,17)(H,18,19). The highest BCUT2D eigenvalue weighted by atomic mass is 16.1. The van der Waals surface area contributed by atoms with Crippen LogP contribution in [0.3, 0.4) is 0 Å². The van der Waals surface area contributed by atoms with Crippen molar-refractivity contribution >= 4 is 11.7 Å². The zero-order chi connectivity index (χ0) is 14.1. The normalized spacial score (nSPS) is 11.9. The highest BCUT2D eigenvalue weighted by Crippen LogP contribution is 2.10. The number of carbonyl (C=O) groups excluding carboxylic acids is 1. The molecule has 0 bridgehead atoms. The van der Waals surface area contributed by atoms with Crippen molar-refractivity contribution in [3.05, 3.63) is 23.9 Å². The zero-order valence-electron chi connectivity index (χ0n) is 12.2. The van der Waals surface area contributed by atoms with Gasteiger partial charge in [-0.05, 0) is 25.0 Å². The first-order valence-corrected chi connectivity index (χ1v) is 7.15. The van der Waals surface area contributed by atoms with Crippen molar-refractivity contribution in [1.82, 2.24) is 10.3 Å². The Kier molecular flexibility index (Phi) is 6.93. The van der Waals surface area contributed by atoms with Crippen molar-refractivity contribution in [2.45, 2.75) is 52.0 Å². The number of anilines is 1. The van der Waals surface area contributed by atoms with Crippen molar-refractivity contribution in [3.63, 3.8) is 0 Å². The second-order valence-corrected chi connectivity index (χ2v) is 4.78. The van der Waals surface area contributed by atoms with Gasteiger partial charge in [0, 0.05) is 24.8 Å². The predicted molar refractivity (Wildman–Crippen MR) is 79.5 cm³/mol. The summed E-state index contributed by atoms with van der Waals surface area (Å²) in [4.78, 5) is 16.3. The van der Waals surface area contributed by atoms with E-state index in [1.165, 1.54) is 0 Å². The van der Waals surface area contributed by atoms with Gasteiger partial charge >= 0.3 is 0 Å². The molecule has 0 aliphatic carbocycles. The van der Waals surface area contributed by atoms with Gasteiger partial charge in [0.15, 0.2) is 0 Å². The number of carbonyl (C=O) groups is 1. The van der Waals surface area contributed by atoms with Crippen LogP contribution in [0.4, 0.5) is 5.82 Å². The lowest BCUT2D eigenvalue weighted by Gasteiger charge is -2.18. The molecule has 0 fully saturated rings. The van der Waals surface area contributed by atoms with E-state index in [0.717, 1.165) is 32.1 Å². The van der Waals surface area contributed by atoms with Crippen LogP contribution in [0.1, 0.15) is 56.3 Å². The van der Waals surface area contributed by atoms with Crippen LogP contribution in [-0.2, 0) is 0 Å². The molecule has 2 N–H and O–H groups in total. The first-order chi connectivity index (χ1) is 9.21. The molecule has 1 heterocycles. The van der Waals surface area contributed by atoms with E-state index in [0.29, 0.717) is 11.4 Å². The Morgan fingerprint density at radius 1 is 1.32 bits per heavy atom. The van der Waals surface area contributed by atoms with Gasteiger partial charge in [-0.3, -0.25) is 4.79 Å². The first-order valence-electron chi connectivity index (χ1n) is 7.15. The number of amides is 1. The van der Waals surface area contributed by atoms with Gasteiger partial charge in [-0.25, -0.2) is 4.98 Å². The summed E-state index contributed by atoms with van der Waals surface area (Å²) in [7, 11) is 1.80. The summed E-state index contributed by atoms with van der Waals surface area (Å²) in [5.41, 5.74) is 0.664. The van der Waals surface area contributed by atoms with Gasteiger partial charge in [-0.2, -0.15) is 0 Å². The second kappa shape index (κ2) is 8.51. The number of aromatic nitrogens is 1. The molecule has 1 amide bonds. The molecule has 1 rings (SSSR count). The van der Waals surface area contributed by atoms with Gasteiger partial charge in [0.05, 0.1) is 0 Å². The van der Waals surface area contributed by atoms with E-state index in [9.17, 15) is 4.79 Å². The Labute approximate surface area is 116 Å². The maximum absolute atomic E-state index is 12.2. The van der Waals surface area contributed by atoms with Crippen molar-refractivity contribution in [3.8, 4) is 0 Å². The number of rotatable bonds is 8. The molecule has 19 heavy (non-hydrogen) atoms. The van der Waals surface area contributed by atoms with Gasteiger partial charge in [0.1, 0.15) is 5.82 Å². The van der Waals surface area contributed by atoms with E-state index in [1.807, 2.05) is 0 Å². The van der Waals surface area contributed by atoms with Gasteiger partial charge in [0.25, 0.3) is 5.91 Å². The molecule has 0 radical (unpaired) electrons. The maximum atomic E-state index is 12.2. The molecule has 1 aromatic rings. The van der Waals surface area contributed by atoms with Crippen LogP contribution >= 0.6 is 0 Å². The van der Waals surface area contributed by atoms with E-state index >= 15 is 0 Å². The Morgan fingerprint density at radius 3 is 2.74 bits per heavy atom. The smallest absolute Gasteiger partial charge is 0.251 e. The average molecular weight is 263 g/mol. The molecule has 4 heteroatoms. The number of nitrogens with zero attached hydrogens (tertiary/aromatic N) is 1. The summed E-state index contributed by atoms with van der Waals surface area (Å²) in [5.74, 6) is 0.710. The fourth-order valence-corrected chi connectivity index (χ4v) is 2.06. The Hall–Kier alpha value is -1.58. The molecule has 1 unspecified atom stereocenters. The van der Waals surface area contributed by atoms with Crippen LogP contribution in [0.5, 0.6) is 0 Å². The van der Waals surface area contributed by atoms with Crippen LogP contribution in [-0.4, -0.2) is 24.0 Å². The lowest BCUT2D eigenvalue weighted by Crippen LogP contribution is -2.34. The van der Waals surface area contributed by atoms with Crippen molar-refractivity contribution in [2.75, 3.05) is 12.4 Å². The SMILES string of the molecule is CCCCC(CCC)NC(=O)c1ccnc(NC)c1. The number of hydrogen-bond donors (Lipinski definition) is 2. The Morgan fingerprint density at radius 2 is 2.11 bits per heavy atom. The van der Waals surface area contributed by atoms with Crippen LogP contribution in [0.2, 0.25) is 0 Å². The fraction of sp³-hybridized carbons (Fsp3) is 0.600. The molecule has 106 valence electrons. The topological polar surface area (TPSA) is 54.0 Å². The third-order valence-corrected chi connectivity index (χ3v) is 3.16. The molecule has 0 saturated heterocycles. The molecule has 0 aliphatic heterocycles. The molecule has 1 atom stereocenters. The molecule has 0 aliphatic rings. The minimum Gasteiger partial charge on any atom is -0.373 e. The van der Waals surface area contributed by atoms with Crippen LogP contribution < -0.4 is 10.6 Å². The fourth-order valence-electron chi connectivity index (χ4n) is 2.06. The minimum atomic E-state index is -0.00606. The quantitative estimate of drug-likeness (QED) is 0.757. The highest BCUT2D eigenvalue weighted by molar-refractivity contribution is 5.94. The van der Waals surface area contributed by atoms with Crippen molar-refractivity contribution < 1.29 is 4.79 Å². The molecule has 0 aromatic carbocycles. The van der Waals surface area contributed by atoms with Crippen LogP contribution in [0, 0.1) is 0 Å². The van der Waals surface area contributed by atoms with E-state index in [4.69, 9.17) is 0 Å². The largest absolute Gasteiger partial charge is 0.373 e. The molecule has 0 spiro atoms. The van der Waals surface area contributed by atoms with Gasteiger partial charge in [-0.1, -0.05) is 33.1 Å². The van der Waals surface area contributed by atoms with Crippen molar-refractivity contribution in [1.29, 1.82) is 0 Å². The summed E-state index contributed by atoms with van der Waals surface area (Å²) in [6, 6.07) is 3.81. The maximum Gasteiger partial charge on any atom is 0.251 e. The average Bonchev–Trinajstić information content (AvgIpc) is 2.45. The monoisotopic (exact) mass is 263 g/mol. The van der Waals surface area contributed by atoms with E-state index in [1.54, 1.807) is 25.4 Å². The molecular formula is C15H25N3O. The number of pyridine rings is 1. The Balaban J connectivity index is 2.64. The third-order valence-electron chi connectivity index (χ3n) is 3.16. The Bertz CT molecular complexity index is 393. The second-order valence-electron chi connectivity index (χ2n) is 4.78. The van der Waals surface area contributed by atoms with E-state index < -0.39 is 0 Å². The molecule has 4 nitrogen and oxygen atoms in total. The lowest BCUT2D eigenvalue weighted by atomic mass is 10.0. The van der Waals surface area contributed by atoms with Crippen molar-refractivity contribution in [2.24, 2.45) is 0 Å². The van der Waals surface area contributed by atoms with Crippen LogP contribution in [0.25, 0.3) is 0 Å². The third kappa shape index (κ3) is 5.28. The number of unbranched alkanes of at least 4 members (excludes halogenated alkanes) is 1. The van der Waals surface area contributed by atoms with Crippen LogP contribution in [0.15, 0.2) is 18.3 Å². The van der Waals surface area contributed by atoms with Gasteiger partial charge in [0.2, 0.25) is 0 Å². The highest BCUT2D eigenvalue weighted by Gasteiger charge is 2.13. The molecule has 0 saturated carbocycles. The summed E-state index contributed by atoms with van der Waals surface area (Å²) in [6.45, 7) is 4.32. The molecule has 1 aromatic heterocycles. The summed E-state index contributed by atoms with van der Waals surface area (Å²) in [6.07, 6.45) is 7.16. The number of nitrogens with one attached hydrogen (secondary N) is 2. The number of hydrogen-bond acceptors (Lipinski definition) is 3. The predicted octanol–water partition coefficient (Wildman–Crippen LogP) is 3.21. The van der Waals surface area contributed by atoms with E-state index in [-0.39, 0.29) is 11.9 Å². The molecular weight excluding hydrogens is 238 g/mol. The zero-order valence-corrected chi connectivity index (χ0v) is 12.2. The van der Waals surface area contributed by atoms with Gasteiger partial charge < -0.3 is 10.6 Å². The lowest BCUT2D eigenvalue weighted by molar-refractivity contribution is 0.0932.